The topological polar surface area (TPSA) is 68.5 Å². The van der Waals surface area contributed by atoms with Crippen molar-refractivity contribution < 1.29 is 13.9 Å². The van der Waals surface area contributed by atoms with E-state index >= 15 is 0 Å². The maximum Gasteiger partial charge on any atom is 0.173 e. The Morgan fingerprint density at radius 2 is 1.64 bits per heavy atom. The molecule has 1 fully saturated rings. The van der Waals surface area contributed by atoms with E-state index in [1.807, 2.05) is 35.0 Å². The fourth-order valence-corrected chi connectivity index (χ4v) is 4.28. The zero-order valence-corrected chi connectivity index (χ0v) is 19.8. The summed E-state index contributed by atoms with van der Waals surface area (Å²) in [4.78, 5) is 4.64. The predicted octanol–water partition coefficient (Wildman–Crippen LogP) is 3.50. The van der Waals surface area contributed by atoms with E-state index in [9.17, 15) is 4.39 Å². The zero-order valence-electron chi connectivity index (χ0n) is 19.8. The Morgan fingerprint density at radius 3 is 2.24 bits per heavy atom. The molecule has 4 rings (SSSR count). The monoisotopic (exact) mass is 454 g/mol. The van der Waals surface area contributed by atoms with Crippen molar-refractivity contribution in [1.29, 1.82) is 0 Å². The molecule has 1 aliphatic rings. The van der Waals surface area contributed by atoms with Crippen LogP contribution < -0.4 is 14.4 Å². The molecule has 176 valence electrons. The van der Waals surface area contributed by atoms with Crippen LogP contribution >= 0.6 is 0 Å². The highest BCUT2D eigenvalue weighted by Gasteiger charge is 2.35. The number of halogens is 1. The first kappa shape index (κ1) is 23.0. The average molecular weight is 455 g/mol. The quantitative estimate of drug-likeness (QED) is 0.565. The lowest BCUT2D eigenvalue weighted by atomic mass is 10.00. The van der Waals surface area contributed by atoms with Gasteiger partial charge in [-0.25, -0.2) is 9.07 Å². The van der Waals surface area contributed by atoms with Crippen molar-refractivity contribution in [3.63, 3.8) is 0 Å². The summed E-state index contributed by atoms with van der Waals surface area (Å²) in [5.41, 5.74) is 1.72. The van der Waals surface area contributed by atoms with Crippen LogP contribution in [0.15, 0.2) is 42.5 Å². The summed E-state index contributed by atoms with van der Waals surface area (Å²) >= 11 is 0. The average Bonchev–Trinajstić information content (AvgIpc) is 3.31. The van der Waals surface area contributed by atoms with E-state index in [-0.39, 0.29) is 17.4 Å². The molecule has 0 N–H and O–H groups in total. The van der Waals surface area contributed by atoms with E-state index in [2.05, 4.69) is 46.1 Å². The van der Waals surface area contributed by atoms with Gasteiger partial charge in [0.05, 0.1) is 19.8 Å². The number of piperazine rings is 1. The second kappa shape index (κ2) is 9.35. The molecule has 2 aromatic carbocycles. The van der Waals surface area contributed by atoms with Crippen molar-refractivity contribution in [2.24, 2.45) is 0 Å². The number of methoxy groups -OCH3 is 2. The van der Waals surface area contributed by atoms with Crippen molar-refractivity contribution in [3.8, 4) is 11.5 Å². The fourth-order valence-electron chi connectivity index (χ4n) is 4.28. The molecular formula is C24H31FN6O2. The van der Waals surface area contributed by atoms with Crippen molar-refractivity contribution in [1.82, 2.24) is 25.1 Å². The van der Waals surface area contributed by atoms with Crippen LogP contribution in [0.5, 0.6) is 11.5 Å². The third-order valence-electron chi connectivity index (χ3n) is 5.98. The lowest BCUT2D eigenvalue weighted by molar-refractivity contribution is 0.188. The minimum absolute atomic E-state index is 0.199. The molecular weight excluding hydrogens is 423 g/mol. The number of aromatic nitrogens is 4. The Kier molecular flexibility index (Phi) is 6.51. The van der Waals surface area contributed by atoms with Crippen molar-refractivity contribution in [3.05, 3.63) is 59.7 Å². The van der Waals surface area contributed by atoms with Crippen LogP contribution in [0.2, 0.25) is 0 Å². The van der Waals surface area contributed by atoms with E-state index in [0.29, 0.717) is 0 Å². The third kappa shape index (κ3) is 4.78. The molecule has 9 heteroatoms. The van der Waals surface area contributed by atoms with Crippen LogP contribution in [0.1, 0.15) is 38.2 Å². The van der Waals surface area contributed by atoms with Gasteiger partial charge in [-0.2, -0.15) is 0 Å². The minimum Gasteiger partial charge on any atom is -0.497 e. The first-order valence-electron chi connectivity index (χ1n) is 11.1. The number of hydrogen-bond acceptors (Lipinski definition) is 7. The molecule has 8 nitrogen and oxygen atoms in total. The van der Waals surface area contributed by atoms with Crippen LogP contribution in [0, 0.1) is 5.82 Å². The van der Waals surface area contributed by atoms with Crippen LogP contribution in [0.25, 0.3) is 0 Å². The second-order valence-electron chi connectivity index (χ2n) is 9.13. The molecule has 0 saturated carbocycles. The summed E-state index contributed by atoms with van der Waals surface area (Å²) in [6.07, 6.45) is 0. The third-order valence-corrected chi connectivity index (χ3v) is 5.98. The van der Waals surface area contributed by atoms with E-state index < -0.39 is 0 Å². The molecule has 33 heavy (non-hydrogen) atoms. The molecule has 0 amide bonds. The number of hydrogen-bond donors (Lipinski definition) is 0. The molecule has 0 unspecified atom stereocenters. The highest BCUT2D eigenvalue weighted by molar-refractivity contribution is 5.47. The van der Waals surface area contributed by atoms with Gasteiger partial charge in [-0.3, -0.25) is 4.90 Å². The Bertz CT molecular complexity index is 1070. The SMILES string of the molecule is COc1ccc([C@H](c2nnnn2C(C)(C)C)N2CCN(c3ccc(F)cc3)CC2)c(OC)c1. The standard InChI is InChI=1S/C24H31FN6O2/c1-24(2,3)31-23(26-27-28-31)22(20-11-10-19(32-4)16-21(20)33-5)30-14-12-29(13-15-30)18-8-6-17(25)7-9-18/h6-11,16,22H,12-15H2,1-5H3/t22-/m1/s1. The first-order chi connectivity index (χ1) is 15.8. The van der Waals surface area contributed by atoms with Gasteiger partial charge in [0, 0.05) is 43.5 Å². The second-order valence-corrected chi connectivity index (χ2v) is 9.13. The van der Waals surface area contributed by atoms with E-state index in [0.717, 1.165) is 54.8 Å². The van der Waals surface area contributed by atoms with E-state index in [1.54, 1.807) is 14.2 Å². The van der Waals surface area contributed by atoms with Gasteiger partial charge in [0.25, 0.3) is 0 Å². The van der Waals surface area contributed by atoms with E-state index in [4.69, 9.17) is 9.47 Å². The minimum atomic E-state index is -0.285. The molecule has 0 spiro atoms. The maximum atomic E-state index is 13.4. The Hall–Kier alpha value is -3.20. The van der Waals surface area contributed by atoms with E-state index in [1.165, 1.54) is 12.1 Å². The van der Waals surface area contributed by atoms with Gasteiger partial charge in [-0.05, 0) is 67.6 Å². The summed E-state index contributed by atoms with van der Waals surface area (Å²) in [5, 5.41) is 12.8. The van der Waals surface area contributed by atoms with Crippen LogP contribution in [0.4, 0.5) is 10.1 Å². The summed E-state index contributed by atoms with van der Waals surface area (Å²) in [5.74, 6) is 1.99. The van der Waals surface area contributed by atoms with Gasteiger partial charge >= 0.3 is 0 Å². The Balaban J connectivity index is 1.69. The van der Waals surface area contributed by atoms with Crippen molar-refractivity contribution >= 4 is 5.69 Å². The number of ether oxygens (including phenoxy) is 2. The Labute approximate surface area is 193 Å². The Morgan fingerprint density at radius 1 is 0.939 bits per heavy atom. The van der Waals surface area contributed by atoms with Gasteiger partial charge in [0.1, 0.15) is 23.4 Å². The zero-order chi connectivity index (χ0) is 23.6. The van der Waals surface area contributed by atoms with Crippen LogP contribution in [0.3, 0.4) is 0 Å². The van der Waals surface area contributed by atoms with Crippen molar-refractivity contribution in [2.45, 2.75) is 32.4 Å². The lowest BCUT2D eigenvalue weighted by Gasteiger charge is -2.40. The summed E-state index contributed by atoms with van der Waals surface area (Å²) in [6, 6.07) is 12.3. The predicted molar refractivity (Wildman–Crippen MR) is 124 cm³/mol. The summed E-state index contributed by atoms with van der Waals surface area (Å²) in [7, 11) is 3.30. The maximum absolute atomic E-state index is 13.4. The largest absolute Gasteiger partial charge is 0.497 e. The molecule has 1 saturated heterocycles. The highest BCUT2D eigenvalue weighted by Crippen LogP contribution is 2.37. The van der Waals surface area contributed by atoms with Gasteiger partial charge in [-0.1, -0.05) is 0 Å². The normalized spacial score (nSPS) is 16.0. The highest BCUT2D eigenvalue weighted by atomic mass is 19.1. The van der Waals surface area contributed by atoms with Crippen LogP contribution in [-0.2, 0) is 5.54 Å². The van der Waals surface area contributed by atoms with Gasteiger partial charge in [0.15, 0.2) is 5.82 Å². The number of nitrogens with zero attached hydrogens (tertiary/aromatic N) is 6. The molecule has 1 aliphatic heterocycles. The summed E-state index contributed by atoms with van der Waals surface area (Å²) in [6.45, 7) is 9.43. The molecule has 1 aromatic heterocycles. The molecule has 0 bridgehead atoms. The number of anilines is 1. The van der Waals surface area contributed by atoms with Gasteiger partial charge in [-0.15, -0.1) is 5.10 Å². The number of rotatable bonds is 6. The van der Waals surface area contributed by atoms with Crippen molar-refractivity contribution in [2.75, 3.05) is 45.3 Å². The molecule has 3 aromatic rings. The smallest absolute Gasteiger partial charge is 0.173 e. The number of benzene rings is 2. The van der Waals surface area contributed by atoms with Gasteiger partial charge in [0.2, 0.25) is 0 Å². The first-order valence-corrected chi connectivity index (χ1v) is 11.1. The molecule has 1 atom stereocenters. The molecule has 0 radical (unpaired) electrons. The number of tetrazole rings is 1. The van der Waals surface area contributed by atoms with Gasteiger partial charge < -0.3 is 14.4 Å². The molecule has 2 heterocycles. The molecule has 0 aliphatic carbocycles. The summed E-state index contributed by atoms with van der Waals surface area (Å²) < 4.78 is 26.4. The fraction of sp³-hybridized carbons (Fsp3) is 0.458. The van der Waals surface area contributed by atoms with Crippen LogP contribution in [-0.4, -0.2) is 65.5 Å². The lowest BCUT2D eigenvalue weighted by Crippen LogP contribution is -2.48.